The second kappa shape index (κ2) is 7.21. The number of amides is 1. The van der Waals surface area contributed by atoms with Crippen LogP contribution in [-0.2, 0) is 4.79 Å². The second-order valence-corrected chi connectivity index (χ2v) is 7.14. The molecule has 0 saturated carbocycles. The topological polar surface area (TPSA) is 43.1 Å². The number of primary amides is 1. The lowest BCUT2D eigenvalue weighted by atomic mass is 9.78. The van der Waals surface area contributed by atoms with Crippen molar-refractivity contribution in [1.82, 2.24) is 0 Å². The Morgan fingerprint density at radius 1 is 1.38 bits per heavy atom. The molecule has 0 heterocycles. The third-order valence-electron chi connectivity index (χ3n) is 2.86. The van der Waals surface area contributed by atoms with E-state index in [0.29, 0.717) is 5.25 Å². The first-order valence-electron chi connectivity index (χ1n) is 6.20. The molecular formula is C13H27NOS. The van der Waals surface area contributed by atoms with Crippen molar-refractivity contribution in [3.05, 3.63) is 0 Å². The Hall–Kier alpha value is -0.180. The summed E-state index contributed by atoms with van der Waals surface area (Å²) >= 11 is 1.96. The molecule has 0 aromatic carbocycles. The minimum absolute atomic E-state index is 0.0170. The van der Waals surface area contributed by atoms with Crippen LogP contribution < -0.4 is 5.73 Å². The van der Waals surface area contributed by atoms with Crippen LogP contribution in [0.15, 0.2) is 0 Å². The molecule has 0 bridgehead atoms. The molecule has 0 aliphatic carbocycles. The maximum atomic E-state index is 11.4. The second-order valence-electron chi connectivity index (χ2n) is 5.59. The summed E-state index contributed by atoms with van der Waals surface area (Å²) in [5.74, 6) is 1.01. The Kier molecular flexibility index (Phi) is 7.12. The zero-order valence-electron chi connectivity index (χ0n) is 11.4. The smallest absolute Gasteiger partial charge is 0.221 e. The van der Waals surface area contributed by atoms with Crippen molar-refractivity contribution in [2.45, 2.75) is 59.1 Å². The van der Waals surface area contributed by atoms with Gasteiger partial charge in [-0.1, -0.05) is 41.0 Å². The van der Waals surface area contributed by atoms with E-state index in [4.69, 9.17) is 5.73 Å². The Bertz CT molecular complexity index is 210. The molecule has 0 fully saturated rings. The minimum atomic E-state index is -0.157. The van der Waals surface area contributed by atoms with Crippen LogP contribution >= 0.6 is 11.8 Å². The number of nitrogens with two attached hydrogens (primary N) is 1. The molecule has 1 amide bonds. The molecule has 2 N–H and O–H groups in total. The summed E-state index contributed by atoms with van der Waals surface area (Å²) in [7, 11) is 0. The van der Waals surface area contributed by atoms with E-state index in [1.807, 2.05) is 11.8 Å². The van der Waals surface area contributed by atoms with Gasteiger partial charge in [0.15, 0.2) is 0 Å². The first-order chi connectivity index (χ1) is 7.29. The molecule has 0 aromatic heterocycles. The van der Waals surface area contributed by atoms with E-state index in [1.54, 1.807) is 0 Å². The third-order valence-corrected chi connectivity index (χ3v) is 4.14. The molecule has 0 aliphatic heterocycles. The van der Waals surface area contributed by atoms with Crippen molar-refractivity contribution < 1.29 is 4.79 Å². The first-order valence-corrected chi connectivity index (χ1v) is 7.24. The normalized spacial score (nSPS) is 15.8. The lowest BCUT2D eigenvalue weighted by Gasteiger charge is -2.30. The zero-order valence-corrected chi connectivity index (χ0v) is 12.2. The summed E-state index contributed by atoms with van der Waals surface area (Å²) < 4.78 is 0. The molecule has 2 nitrogen and oxygen atoms in total. The predicted octanol–water partition coefficient (Wildman–Crippen LogP) is 3.45. The molecule has 2 atom stereocenters. The fourth-order valence-electron chi connectivity index (χ4n) is 1.73. The Labute approximate surface area is 105 Å². The molecule has 2 unspecified atom stereocenters. The maximum absolute atomic E-state index is 11.4. The number of unbranched alkanes of at least 4 members (excludes halogenated alkanes) is 1. The van der Waals surface area contributed by atoms with Crippen LogP contribution in [0.25, 0.3) is 0 Å². The highest BCUT2D eigenvalue weighted by atomic mass is 32.2. The van der Waals surface area contributed by atoms with E-state index in [2.05, 4.69) is 34.6 Å². The van der Waals surface area contributed by atoms with Gasteiger partial charge >= 0.3 is 0 Å². The molecule has 0 aromatic rings. The molecule has 0 rings (SSSR count). The van der Waals surface area contributed by atoms with Crippen LogP contribution in [0.2, 0.25) is 0 Å². The van der Waals surface area contributed by atoms with Crippen molar-refractivity contribution in [3.8, 4) is 0 Å². The number of carbonyl (C=O) groups excluding carboxylic acids is 1. The van der Waals surface area contributed by atoms with Gasteiger partial charge in [0.1, 0.15) is 0 Å². The van der Waals surface area contributed by atoms with Gasteiger partial charge in [-0.05, 0) is 24.0 Å². The number of carbonyl (C=O) groups is 1. The Morgan fingerprint density at radius 3 is 2.31 bits per heavy atom. The average molecular weight is 245 g/mol. The number of hydrogen-bond acceptors (Lipinski definition) is 2. The van der Waals surface area contributed by atoms with Gasteiger partial charge in [0.05, 0.1) is 0 Å². The summed E-state index contributed by atoms with van der Waals surface area (Å²) in [6, 6.07) is 0. The Morgan fingerprint density at radius 2 is 1.94 bits per heavy atom. The van der Waals surface area contributed by atoms with Crippen molar-refractivity contribution in [2.75, 3.05) is 5.75 Å². The van der Waals surface area contributed by atoms with Crippen molar-refractivity contribution >= 4 is 17.7 Å². The fraction of sp³-hybridized carbons (Fsp3) is 0.923. The quantitative estimate of drug-likeness (QED) is 0.698. The standard InChI is InChI=1S/C13H27NOS/c1-6-7-8-16-10(2)9-11(12(14)15)13(3,4)5/h10-11H,6-9H2,1-5H3,(H2,14,15). The number of hydrogen-bond donors (Lipinski definition) is 1. The molecule has 0 aliphatic rings. The van der Waals surface area contributed by atoms with Gasteiger partial charge in [-0.15, -0.1) is 0 Å². The number of thioether (sulfide) groups is 1. The summed E-state index contributed by atoms with van der Waals surface area (Å²) in [6.07, 6.45) is 3.39. The highest BCUT2D eigenvalue weighted by Crippen LogP contribution is 2.32. The van der Waals surface area contributed by atoms with Gasteiger partial charge < -0.3 is 5.73 Å². The van der Waals surface area contributed by atoms with E-state index >= 15 is 0 Å². The van der Waals surface area contributed by atoms with Crippen LogP contribution in [0.4, 0.5) is 0 Å². The van der Waals surface area contributed by atoms with Gasteiger partial charge in [-0.25, -0.2) is 0 Å². The predicted molar refractivity (Wildman–Crippen MR) is 73.6 cm³/mol. The van der Waals surface area contributed by atoms with Crippen molar-refractivity contribution in [1.29, 1.82) is 0 Å². The molecule has 16 heavy (non-hydrogen) atoms. The van der Waals surface area contributed by atoms with Crippen molar-refractivity contribution in [3.63, 3.8) is 0 Å². The van der Waals surface area contributed by atoms with E-state index in [-0.39, 0.29) is 17.2 Å². The molecule has 0 spiro atoms. The van der Waals surface area contributed by atoms with E-state index in [1.165, 1.54) is 18.6 Å². The van der Waals surface area contributed by atoms with Gasteiger partial charge in [0.25, 0.3) is 0 Å². The lowest BCUT2D eigenvalue weighted by molar-refractivity contribution is -0.125. The first kappa shape index (κ1) is 15.8. The van der Waals surface area contributed by atoms with E-state index in [0.717, 1.165) is 6.42 Å². The fourth-order valence-corrected chi connectivity index (χ4v) is 2.91. The third kappa shape index (κ3) is 6.41. The largest absolute Gasteiger partial charge is 0.369 e. The molecule has 96 valence electrons. The highest BCUT2D eigenvalue weighted by Gasteiger charge is 2.30. The summed E-state index contributed by atoms with van der Waals surface area (Å²) in [4.78, 5) is 11.4. The van der Waals surface area contributed by atoms with Crippen molar-refractivity contribution in [2.24, 2.45) is 17.1 Å². The van der Waals surface area contributed by atoms with Crippen LogP contribution in [0.5, 0.6) is 0 Å². The SMILES string of the molecule is CCCCSC(C)CC(C(N)=O)C(C)(C)C. The van der Waals surface area contributed by atoms with Gasteiger partial charge in [-0.2, -0.15) is 11.8 Å². The molecular weight excluding hydrogens is 218 g/mol. The highest BCUT2D eigenvalue weighted by molar-refractivity contribution is 7.99. The molecule has 0 radical (unpaired) electrons. The van der Waals surface area contributed by atoms with E-state index in [9.17, 15) is 4.79 Å². The minimum Gasteiger partial charge on any atom is -0.369 e. The van der Waals surface area contributed by atoms with Gasteiger partial charge in [-0.3, -0.25) is 4.79 Å². The maximum Gasteiger partial charge on any atom is 0.221 e. The summed E-state index contributed by atoms with van der Waals surface area (Å²) in [5.41, 5.74) is 5.46. The van der Waals surface area contributed by atoms with Crippen LogP contribution in [0.3, 0.4) is 0 Å². The van der Waals surface area contributed by atoms with Crippen LogP contribution in [0, 0.1) is 11.3 Å². The Balaban J connectivity index is 4.15. The van der Waals surface area contributed by atoms with E-state index < -0.39 is 0 Å². The zero-order chi connectivity index (χ0) is 12.8. The van der Waals surface area contributed by atoms with Crippen LogP contribution in [-0.4, -0.2) is 16.9 Å². The van der Waals surface area contributed by atoms with Gasteiger partial charge in [0, 0.05) is 11.2 Å². The monoisotopic (exact) mass is 245 g/mol. The summed E-state index contributed by atoms with van der Waals surface area (Å²) in [6.45, 7) is 10.7. The molecule has 0 saturated heterocycles. The average Bonchev–Trinajstić information content (AvgIpc) is 2.12. The summed E-state index contributed by atoms with van der Waals surface area (Å²) in [5, 5.41) is 0.517. The number of rotatable bonds is 7. The lowest BCUT2D eigenvalue weighted by Crippen LogP contribution is -2.35. The molecule has 3 heteroatoms. The van der Waals surface area contributed by atoms with Crippen LogP contribution in [0.1, 0.15) is 53.9 Å². The van der Waals surface area contributed by atoms with Gasteiger partial charge in [0.2, 0.25) is 5.91 Å².